The minimum Gasteiger partial charge on any atom is -0.462 e. The number of hydrogen-bond donors (Lipinski definition) is 0. The summed E-state index contributed by atoms with van der Waals surface area (Å²) in [4.78, 5) is 38.1. The average Bonchev–Trinajstić information content (AvgIpc) is 3.46. The van der Waals surface area contributed by atoms with E-state index in [1.807, 2.05) is 0 Å². The molecule has 0 rings (SSSR count). The molecule has 0 saturated heterocycles. The molecule has 0 aliphatic carbocycles. The van der Waals surface area contributed by atoms with Crippen LogP contribution in [0.25, 0.3) is 0 Å². The van der Waals surface area contributed by atoms with Crippen molar-refractivity contribution in [3.05, 3.63) is 85.1 Å². The van der Waals surface area contributed by atoms with Crippen LogP contribution in [-0.4, -0.2) is 37.2 Å². The van der Waals surface area contributed by atoms with Gasteiger partial charge in [0, 0.05) is 19.3 Å². The summed E-state index contributed by atoms with van der Waals surface area (Å²) in [6, 6.07) is 0. The van der Waals surface area contributed by atoms with Gasteiger partial charge < -0.3 is 14.2 Å². The van der Waals surface area contributed by atoms with Crippen molar-refractivity contribution in [3.63, 3.8) is 0 Å². The van der Waals surface area contributed by atoms with Crippen LogP contribution in [0.3, 0.4) is 0 Å². The lowest BCUT2D eigenvalue weighted by Gasteiger charge is -2.18. The quantitative estimate of drug-likeness (QED) is 0.0261. The smallest absolute Gasteiger partial charge is 0.306 e. The van der Waals surface area contributed by atoms with Crippen molar-refractivity contribution in [1.82, 2.24) is 0 Å². The Kier molecular flexibility index (Phi) is 65.2. The number of hydrogen-bond acceptors (Lipinski definition) is 6. The molecular weight excluding hydrogens is 985 g/mol. The summed E-state index contributed by atoms with van der Waals surface area (Å²) in [6.45, 7) is 6.49. The van der Waals surface area contributed by atoms with Gasteiger partial charge in [-0.15, -0.1) is 0 Å². The lowest BCUT2D eigenvalue weighted by Crippen LogP contribution is -2.30. The maximum Gasteiger partial charge on any atom is 0.306 e. The van der Waals surface area contributed by atoms with E-state index in [4.69, 9.17) is 14.2 Å². The van der Waals surface area contributed by atoms with Crippen LogP contribution in [0.4, 0.5) is 0 Å². The highest BCUT2D eigenvalue weighted by Gasteiger charge is 2.19. The highest BCUT2D eigenvalue weighted by molar-refractivity contribution is 5.71. The fraction of sp³-hybridized carbons (Fsp3) is 0.770. The van der Waals surface area contributed by atoms with E-state index in [0.29, 0.717) is 19.3 Å². The van der Waals surface area contributed by atoms with E-state index in [0.717, 1.165) is 109 Å². The van der Waals surface area contributed by atoms with Crippen LogP contribution in [-0.2, 0) is 28.6 Å². The van der Waals surface area contributed by atoms with Crippen LogP contribution in [0.15, 0.2) is 85.1 Å². The molecule has 0 spiro atoms. The third-order valence-corrected chi connectivity index (χ3v) is 15.1. The number of ether oxygens (including phenoxy) is 3. The molecule has 0 aromatic carbocycles. The average molecular weight is 1120 g/mol. The van der Waals surface area contributed by atoms with Crippen LogP contribution in [0.2, 0.25) is 0 Å². The number of esters is 3. The van der Waals surface area contributed by atoms with Crippen molar-refractivity contribution in [2.45, 2.75) is 354 Å². The fourth-order valence-corrected chi connectivity index (χ4v) is 9.97. The Labute approximate surface area is 496 Å². The Bertz CT molecular complexity index is 1520. The molecule has 0 aliphatic heterocycles. The molecule has 0 aliphatic rings. The maximum absolute atomic E-state index is 12.9. The van der Waals surface area contributed by atoms with Crippen molar-refractivity contribution in [3.8, 4) is 0 Å². The predicted molar refractivity (Wildman–Crippen MR) is 348 cm³/mol. The molecule has 0 aromatic heterocycles. The highest BCUT2D eigenvalue weighted by atomic mass is 16.6. The lowest BCUT2D eigenvalue weighted by atomic mass is 10.0. The van der Waals surface area contributed by atoms with Crippen LogP contribution < -0.4 is 0 Å². The van der Waals surface area contributed by atoms with E-state index >= 15 is 0 Å². The molecule has 0 fully saturated rings. The van der Waals surface area contributed by atoms with Gasteiger partial charge in [-0.05, 0) is 96.3 Å². The number of carbonyl (C=O) groups excluding carboxylic acids is 3. The number of carbonyl (C=O) groups is 3. The molecule has 6 nitrogen and oxygen atoms in total. The predicted octanol–water partition coefficient (Wildman–Crippen LogP) is 23.8. The summed E-state index contributed by atoms with van der Waals surface area (Å²) in [7, 11) is 0. The highest BCUT2D eigenvalue weighted by Crippen LogP contribution is 2.17. The van der Waals surface area contributed by atoms with Gasteiger partial charge in [0.25, 0.3) is 0 Å². The summed E-state index contributed by atoms with van der Waals surface area (Å²) >= 11 is 0. The van der Waals surface area contributed by atoms with Crippen LogP contribution in [0.1, 0.15) is 348 Å². The second kappa shape index (κ2) is 68.1. The van der Waals surface area contributed by atoms with Gasteiger partial charge in [0.1, 0.15) is 13.2 Å². The van der Waals surface area contributed by atoms with E-state index in [-0.39, 0.29) is 31.1 Å². The summed E-state index contributed by atoms with van der Waals surface area (Å²) in [5.74, 6) is -0.891. The van der Waals surface area contributed by atoms with E-state index in [1.54, 1.807) is 0 Å². The van der Waals surface area contributed by atoms with E-state index < -0.39 is 6.10 Å². The van der Waals surface area contributed by atoms with Crippen molar-refractivity contribution in [1.29, 1.82) is 0 Å². The van der Waals surface area contributed by atoms with Gasteiger partial charge in [-0.25, -0.2) is 0 Å². The Hall–Kier alpha value is -3.41. The minimum absolute atomic E-state index is 0.0797. The number of allylic oxidation sites excluding steroid dienone is 14. The molecule has 0 N–H and O–H groups in total. The van der Waals surface area contributed by atoms with Crippen LogP contribution in [0.5, 0.6) is 0 Å². The topological polar surface area (TPSA) is 78.9 Å². The zero-order valence-corrected chi connectivity index (χ0v) is 53.1. The molecule has 0 amide bonds. The summed E-state index contributed by atoms with van der Waals surface area (Å²) in [5, 5.41) is 0. The standard InChI is InChI=1S/C74H130O6/c1-4-7-10-13-16-18-20-22-24-26-28-30-32-34-35-36-37-38-39-41-42-44-46-48-50-52-54-56-58-61-64-67-73(76)79-70-71(69-78-72(75)66-63-60-15-12-9-6-3)80-74(77)68-65-62-59-57-55-53-51-49-47-45-43-40-33-31-29-27-25-23-21-19-17-14-11-8-5-2/h8,11,17,19,23,25-26,28-29,31,40,43,47,49,71H,4-7,9-10,12-16,18,20-22,24,27,30,32-39,41-42,44-46,48,50-70H2,1-3H3/b11-8-,19-17-,25-23-,28-26-,31-29-,43-40-,49-47-. The van der Waals surface area contributed by atoms with E-state index in [9.17, 15) is 14.4 Å². The fourth-order valence-electron chi connectivity index (χ4n) is 9.97. The first-order valence-corrected chi connectivity index (χ1v) is 34.6. The van der Waals surface area contributed by atoms with E-state index in [2.05, 4.69) is 106 Å². The number of rotatable bonds is 63. The Balaban J connectivity index is 4.04. The normalized spacial score (nSPS) is 12.6. The molecule has 462 valence electrons. The van der Waals surface area contributed by atoms with Crippen LogP contribution >= 0.6 is 0 Å². The molecule has 0 heterocycles. The SMILES string of the molecule is CC/C=C\C/C=C\C/C=C\C/C=C\C/C=C\C/C=C\CCCCCCCCC(=O)OC(COC(=O)CCCCCCCC)COC(=O)CCCCCCCCCCCCCCCCCCCCC/C=C\CCCCCCCCCC. The van der Waals surface area contributed by atoms with E-state index in [1.165, 1.54) is 199 Å². The molecule has 0 saturated carbocycles. The zero-order valence-electron chi connectivity index (χ0n) is 53.1. The Morgan fingerprint density at radius 2 is 0.487 bits per heavy atom. The largest absolute Gasteiger partial charge is 0.462 e. The van der Waals surface area contributed by atoms with Crippen LogP contribution in [0, 0.1) is 0 Å². The van der Waals surface area contributed by atoms with Crippen molar-refractivity contribution in [2.24, 2.45) is 0 Å². The van der Waals surface area contributed by atoms with Gasteiger partial charge >= 0.3 is 17.9 Å². The first-order chi connectivity index (χ1) is 39.5. The van der Waals surface area contributed by atoms with Gasteiger partial charge in [0.2, 0.25) is 0 Å². The molecule has 1 unspecified atom stereocenters. The minimum atomic E-state index is -0.782. The molecule has 80 heavy (non-hydrogen) atoms. The number of unbranched alkanes of at least 4 members (excludes halogenated alkanes) is 38. The molecule has 6 heteroatoms. The first kappa shape index (κ1) is 76.6. The molecular formula is C74H130O6. The maximum atomic E-state index is 12.9. The van der Waals surface area contributed by atoms with Gasteiger partial charge in [-0.1, -0.05) is 318 Å². The molecule has 0 bridgehead atoms. The third kappa shape index (κ3) is 65.4. The monoisotopic (exact) mass is 1110 g/mol. The van der Waals surface area contributed by atoms with Crippen molar-refractivity contribution in [2.75, 3.05) is 13.2 Å². The second-order valence-electron chi connectivity index (χ2n) is 23.1. The molecule has 1 atom stereocenters. The molecule has 0 aromatic rings. The Morgan fingerprint density at radius 3 is 0.775 bits per heavy atom. The first-order valence-electron chi connectivity index (χ1n) is 34.6. The zero-order chi connectivity index (χ0) is 57.8. The lowest BCUT2D eigenvalue weighted by molar-refractivity contribution is -0.167. The van der Waals surface area contributed by atoms with Gasteiger partial charge in [0.05, 0.1) is 0 Å². The Morgan fingerprint density at radius 1 is 0.263 bits per heavy atom. The second-order valence-corrected chi connectivity index (χ2v) is 23.1. The summed E-state index contributed by atoms with van der Waals surface area (Å²) < 4.78 is 16.8. The third-order valence-electron chi connectivity index (χ3n) is 15.1. The van der Waals surface area contributed by atoms with Gasteiger partial charge in [-0.3, -0.25) is 14.4 Å². The summed E-state index contributed by atoms with van der Waals surface area (Å²) in [6.07, 6.45) is 90.8. The summed E-state index contributed by atoms with van der Waals surface area (Å²) in [5.41, 5.74) is 0. The van der Waals surface area contributed by atoms with Gasteiger partial charge in [-0.2, -0.15) is 0 Å². The van der Waals surface area contributed by atoms with Crippen molar-refractivity contribution >= 4 is 17.9 Å². The van der Waals surface area contributed by atoms with Crippen molar-refractivity contribution < 1.29 is 28.6 Å². The van der Waals surface area contributed by atoms with Gasteiger partial charge in [0.15, 0.2) is 6.10 Å². The molecule has 0 radical (unpaired) electrons.